The molecule has 0 amide bonds. The molecule has 2 heteroatoms. The molecule has 0 aromatic heterocycles. The molecule has 42 valence electrons. The lowest BCUT2D eigenvalue weighted by atomic mass is 10.0. The molecule has 1 rings (SSSR count). The zero-order valence-electron chi connectivity index (χ0n) is 4.72. The van der Waals surface area contributed by atoms with E-state index in [2.05, 4.69) is 9.99 Å². The maximum atomic E-state index is 5.31. The van der Waals surface area contributed by atoms with Crippen molar-refractivity contribution in [1.29, 1.82) is 0 Å². The number of hydrogen-bond acceptors (Lipinski definition) is 2. The molecule has 0 N–H and O–H groups in total. The lowest BCUT2D eigenvalue weighted by molar-refractivity contribution is 0.0549. The van der Waals surface area contributed by atoms with Crippen LogP contribution < -0.4 is 0 Å². The van der Waals surface area contributed by atoms with Gasteiger partial charge in [0.05, 0.1) is 5.71 Å². The highest BCUT2D eigenvalue weighted by atomic mass is 16.7. The van der Waals surface area contributed by atoms with Crippen molar-refractivity contribution in [3.05, 3.63) is 13.8 Å². The van der Waals surface area contributed by atoms with Gasteiger partial charge in [-0.15, -0.1) is 0 Å². The van der Waals surface area contributed by atoms with E-state index in [1.54, 1.807) is 0 Å². The average Bonchev–Trinajstić information content (AvgIpc) is 1.82. The van der Waals surface area contributed by atoms with Crippen LogP contribution in [0.2, 0.25) is 0 Å². The Kier molecular flexibility index (Phi) is 1.03. The van der Waals surface area contributed by atoms with Crippen molar-refractivity contribution >= 4 is 5.71 Å². The smallest absolute Gasteiger partial charge is 0.150 e. The van der Waals surface area contributed by atoms with Crippen molar-refractivity contribution in [3.63, 3.8) is 0 Å². The number of rotatable bonds is 0. The van der Waals surface area contributed by atoms with Crippen LogP contribution >= 0.6 is 0 Å². The molecule has 0 spiro atoms. The Hall–Kier alpha value is -0.530. The lowest BCUT2D eigenvalue weighted by Gasteiger charge is -2.11. The van der Waals surface area contributed by atoms with E-state index < -0.39 is 5.60 Å². The maximum absolute atomic E-state index is 5.31. The van der Waals surface area contributed by atoms with Gasteiger partial charge in [-0.05, 0) is 6.92 Å². The van der Waals surface area contributed by atoms with Gasteiger partial charge >= 0.3 is 0 Å². The molecule has 1 aliphatic rings. The van der Waals surface area contributed by atoms with Gasteiger partial charge in [0.15, 0.2) is 0 Å². The fourth-order valence-corrected chi connectivity index (χ4v) is 0.627. The molecule has 4 radical (unpaired) electrons. The fourth-order valence-electron chi connectivity index (χ4n) is 0.627. The monoisotopic (exact) mass is 109 g/mol. The van der Waals surface area contributed by atoms with Gasteiger partial charge in [0.25, 0.3) is 0 Å². The molecular weight excluding hydrogens is 102 g/mol. The van der Waals surface area contributed by atoms with Gasteiger partial charge in [0.2, 0.25) is 0 Å². The predicted octanol–water partition coefficient (Wildman–Crippen LogP) is 0.944. The van der Waals surface area contributed by atoms with Crippen LogP contribution in [0.15, 0.2) is 5.16 Å². The number of oxime groups is 1. The largest absolute Gasteiger partial charge is 0.388 e. The van der Waals surface area contributed by atoms with E-state index in [-0.39, 0.29) is 0 Å². The molecule has 0 atom stereocenters. The summed E-state index contributed by atoms with van der Waals surface area (Å²) in [5, 5.41) is 3.56. The van der Waals surface area contributed by atoms with Gasteiger partial charge in [0.1, 0.15) is 5.60 Å². The Morgan fingerprint density at radius 1 is 1.75 bits per heavy atom. The Morgan fingerprint density at radius 3 is 2.50 bits per heavy atom. The van der Waals surface area contributed by atoms with Crippen LogP contribution in [-0.4, -0.2) is 11.3 Å². The van der Waals surface area contributed by atoms with E-state index in [9.17, 15) is 0 Å². The fraction of sp³-hybridized carbons (Fsp3) is 0.500. The molecule has 0 bridgehead atoms. The molecule has 0 aromatic rings. The summed E-state index contributed by atoms with van der Waals surface area (Å²) in [5.41, 5.74) is -0.195. The summed E-state index contributed by atoms with van der Waals surface area (Å²) >= 11 is 0. The molecule has 0 aromatic carbocycles. The summed E-state index contributed by atoms with van der Waals surface area (Å²) in [6.07, 6.45) is 0.521. The number of hydrogen-bond donors (Lipinski definition) is 0. The van der Waals surface area contributed by atoms with E-state index in [1.807, 2.05) is 6.92 Å². The van der Waals surface area contributed by atoms with Crippen molar-refractivity contribution in [2.24, 2.45) is 5.16 Å². The molecule has 2 nitrogen and oxygen atoms in total. The standard InChI is InChI=1S/C6H7NO/c1-5-4-6(2,3)8-7-5/h2-3H,4H2,1H3. The minimum Gasteiger partial charge on any atom is -0.388 e. The topological polar surface area (TPSA) is 21.6 Å². The molecule has 8 heavy (non-hydrogen) atoms. The molecule has 0 fully saturated rings. The first-order valence-electron chi connectivity index (χ1n) is 2.39. The summed E-state index contributed by atoms with van der Waals surface area (Å²) in [6.45, 7) is 12.4. The lowest BCUT2D eigenvalue weighted by Crippen LogP contribution is -2.19. The average molecular weight is 109 g/mol. The Balaban J connectivity index is 2.55. The molecule has 1 aliphatic heterocycles. The summed E-state index contributed by atoms with van der Waals surface area (Å²) < 4.78 is 0. The molecular formula is C6H7NO. The van der Waals surface area contributed by atoms with E-state index in [0.29, 0.717) is 6.42 Å². The van der Waals surface area contributed by atoms with Crippen molar-refractivity contribution in [2.45, 2.75) is 18.9 Å². The molecule has 0 saturated carbocycles. The highest BCUT2D eigenvalue weighted by Gasteiger charge is 2.26. The van der Waals surface area contributed by atoms with Crippen molar-refractivity contribution < 1.29 is 4.84 Å². The predicted molar refractivity (Wildman–Crippen MR) is 30.1 cm³/mol. The summed E-state index contributed by atoms with van der Waals surface area (Å²) in [6, 6.07) is 0. The SMILES string of the molecule is [CH]C1([CH])CC(C)=NO1. The zero-order chi connectivity index (χ0) is 6.20. The summed E-state index contributed by atoms with van der Waals surface area (Å²) in [5.74, 6) is 0. The summed E-state index contributed by atoms with van der Waals surface area (Å²) in [4.78, 5) is 4.60. The molecule has 0 aliphatic carbocycles. The van der Waals surface area contributed by atoms with Gasteiger partial charge < -0.3 is 4.84 Å². The third-order valence-electron chi connectivity index (χ3n) is 0.904. The first-order valence-corrected chi connectivity index (χ1v) is 2.39. The molecule has 0 saturated heterocycles. The minimum atomic E-state index is -1.04. The van der Waals surface area contributed by atoms with Gasteiger partial charge in [-0.3, -0.25) is 0 Å². The Bertz CT molecular complexity index is 126. The van der Waals surface area contributed by atoms with Crippen molar-refractivity contribution in [3.8, 4) is 0 Å². The van der Waals surface area contributed by atoms with Crippen LogP contribution in [0.3, 0.4) is 0 Å². The van der Waals surface area contributed by atoms with Crippen LogP contribution in [-0.2, 0) is 4.84 Å². The second-order valence-electron chi connectivity index (χ2n) is 2.05. The van der Waals surface area contributed by atoms with E-state index >= 15 is 0 Å². The highest BCUT2D eigenvalue weighted by Crippen LogP contribution is 2.20. The van der Waals surface area contributed by atoms with E-state index in [1.165, 1.54) is 0 Å². The third kappa shape index (κ3) is 0.997. The van der Waals surface area contributed by atoms with Crippen LogP contribution in [0, 0.1) is 13.8 Å². The Labute approximate surface area is 49.5 Å². The third-order valence-corrected chi connectivity index (χ3v) is 0.904. The normalized spacial score (nSPS) is 24.6. The van der Waals surface area contributed by atoms with Crippen molar-refractivity contribution in [1.82, 2.24) is 0 Å². The highest BCUT2D eigenvalue weighted by molar-refractivity contribution is 5.83. The van der Waals surface area contributed by atoms with Gasteiger partial charge in [-0.25, -0.2) is 0 Å². The summed E-state index contributed by atoms with van der Waals surface area (Å²) in [7, 11) is 0. The van der Waals surface area contributed by atoms with Gasteiger partial charge in [-0.2, -0.15) is 0 Å². The van der Waals surface area contributed by atoms with Crippen LogP contribution in [0.5, 0.6) is 0 Å². The maximum Gasteiger partial charge on any atom is 0.150 e. The second kappa shape index (κ2) is 1.47. The Morgan fingerprint density at radius 2 is 2.38 bits per heavy atom. The minimum absolute atomic E-state index is 0.521. The van der Waals surface area contributed by atoms with Gasteiger partial charge in [-0.1, -0.05) is 5.16 Å². The number of nitrogens with zero attached hydrogens (tertiary/aromatic N) is 1. The first-order chi connectivity index (χ1) is 3.60. The molecule has 0 unspecified atom stereocenters. The van der Waals surface area contributed by atoms with E-state index in [4.69, 9.17) is 13.8 Å². The quantitative estimate of drug-likeness (QED) is 0.453. The van der Waals surface area contributed by atoms with Crippen molar-refractivity contribution in [2.75, 3.05) is 0 Å². The van der Waals surface area contributed by atoms with Gasteiger partial charge in [0, 0.05) is 20.3 Å². The van der Waals surface area contributed by atoms with Crippen LogP contribution in [0.25, 0.3) is 0 Å². The van der Waals surface area contributed by atoms with Crippen LogP contribution in [0.4, 0.5) is 0 Å². The van der Waals surface area contributed by atoms with Crippen LogP contribution in [0.1, 0.15) is 13.3 Å². The first kappa shape index (κ1) is 5.60. The van der Waals surface area contributed by atoms with E-state index in [0.717, 1.165) is 5.71 Å². The molecule has 1 heterocycles. The second-order valence-corrected chi connectivity index (χ2v) is 2.05. The zero-order valence-corrected chi connectivity index (χ0v) is 4.72.